The topological polar surface area (TPSA) is 76.8 Å². The molecule has 21 heavy (non-hydrogen) atoms. The number of rotatable bonds is 5. The molecule has 2 aromatic carbocycles. The Bertz CT molecular complexity index is 675. The lowest BCUT2D eigenvalue weighted by Crippen LogP contribution is -1.99. The van der Waals surface area contributed by atoms with E-state index in [0.29, 0.717) is 0 Å². The minimum absolute atomic E-state index is 0.00840. The van der Waals surface area contributed by atoms with Crippen molar-refractivity contribution in [2.24, 2.45) is 5.10 Å². The van der Waals surface area contributed by atoms with Crippen LogP contribution in [0.1, 0.15) is 5.56 Å². The van der Waals surface area contributed by atoms with Gasteiger partial charge in [0.1, 0.15) is 5.82 Å². The number of nitro benzene ring substituents is 1. The largest absolute Gasteiger partial charge is 0.490 e. The Morgan fingerprint density at radius 1 is 1.33 bits per heavy atom. The van der Waals surface area contributed by atoms with Crippen molar-refractivity contribution < 1.29 is 14.1 Å². The fourth-order valence-corrected chi connectivity index (χ4v) is 1.65. The molecule has 0 spiro atoms. The molecule has 0 heterocycles. The third-order valence-electron chi connectivity index (χ3n) is 2.67. The van der Waals surface area contributed by atoms with Gasteiger partial charge in [-0.2, -0.15) is 5.10 Å². The number of nitro groups is 1. The number of nitrogens with one attached hydrogen (secondary N) is 1. The smallest absolute Gasteiger partial charge is 0.311 e. The second-order valence-electron chi connectivity index (χ2n) is 4.04. The zero-order chi connectivity index (χ0) is 15.2. The van der Waals surface area contributed by atoms with E-state index in [1.807, 2.05) is 18.2 Å². The Morgan fingerprint density at radius 3 is 2.67 bits per heavy atom. The number of methoxy groups -OCH3 is 1. The van der Waals surface area contributed by atoms with Crippen molar-refractivity contribution in [1.29, 1.82) is 0 Å². The standard InChI is InChI=1S/C14H12FN3O3/c1-21-14-8-12(15)10(7-13(14)18(19)20)9-16-17-11-5-3-2-4-6-11/h2-9,17H,1H3. The van der Waals surface area contributed by atoms with Gasteiger partial charge in [0.25, 0.3) is 0 Å². The van der Waals surface area contributed by atoms with Crippen LogP contribution < -0.4 is 10.2 Å². The Hall–Kier alpha value is -2.96. The molecule has 0 saturated carbocycles. The molecular formula is C14H12FN3O3. The number of hydrogen-bond donors (Lipinski definition) is 1. The number of para-hydroxylation sites is 1. The molecular weight excluding hydrogens is 277 g/mol. The summed E-state index contributed by atoms with van der Waals surface area (Å²) < 4.78 is 18.6. The van der Waals surface area contributed by atoms with E-state index in [9.17, 15) is 14.5 Å². The SMILES string of the molecule is COc1cc(F)c(C=NNc2ccccc2)cc1[N+](=O)[O-]. The van der Waals surface area contributed by atoms with Crippen LogP contribution >= 0.6 is 0 Å². The number of anilines is 1. The number of hydrogen-bond acceptors (Lipinski definition) is 5. The Kier molecular flexibility index (Phi) is 4.45. The number of nitrogens with zero attached hydrogens (tertiary/aromatic N) is 2. The van der Waals surface area contributed by atoms with Gasteiger partial charge in [0.2, 0.25) is 0 Å². The molecule has 1 N–H and O–H groups in total. The summed E-state index contributed by atoms with van der Waals surface area (Å²) >= 11 is 0. The first kappa shape index (κ1) is 14.4. The summed E-state index contributed by atoms with van der Waals surface area (Å²) in [6.07, 6.45) is 1.18. The van der Waals surface area contributed by atoms with E-state index in [0.717, 1.165) is 17.8 Å². The van der Waals surface area contributed by atoms with Crippen LogP contribution in [0, 0.1) is 15.9 Å². The molecule has 0 radical (unpaired) electrons. The second kappa shape index (κ2) is 6.47. The van der Waals surface area contributed by atoms with Gasteiger partial charge in [0, 0.05) is 17.7 Å². The van der Waals surface area contributed by atoms with Gasteiger partial charge in [-0.3, -0.25) is 15.5 Å². The Labute approximate surface area is 120 Å². The fraction of sp³-hybridized carbons (Fsp3) is 0.0714. The number of hydrazone groups is 1. The van der Waals surface area contributed by atoms with Gasteiger partial charge in [-0.05, 0) is 12.1 Å². The number of ether oxygens (including phenoxy) is 1. The monoisotopic (exact) mass is 289 g/mol. The minimum Gasteiger partial charge on any atom is -0.490 e. The molecule has 0 bridgehead atoms. The van der Waals surface area contributed by atoms with Crippen LogP contribution in [0.4, 0.5) is 15.8 Å². The summed E-state index contributed by atoms with van der Waals surface area (Å²) in [7, 11) is 1.24. The zero-order valence-electron chi connectivity index (χ0n) is 11.1. The van der Waals surface area contributed by atoms with Gasteiger partial charge in [-0.15, -0.1) is 0 Å². The van der Waals surface area contributed by atoms with Crippen LogP contribution in [0.2, 0.25) is 0 Å². The average Bonchev–Trinajstić information content (AvgIpc) is 2.49. The van der Waals surface area contributed by atoms with Crippen molar-refractivity contribution in [1.82, 2.24) is 0 Å². The normalized spacial score (nSPS) is 10.6. The van der Waals surface area contributed by atoms with E-state index in [1.165, 1.54) is 13.3 Å². The lowest BCUT2D eigenvalue weighted by molar-refractivity contribution is -0.385. The van der Waals surface area contributed by atoms with Crippen LogP contribution in [0.15, 0.2) is 47.6 Å². The van der Waals surface area contributed by atoms with Crippen molar-refractivity contribution in [3.05, 3.63) is 64.0 Å². The maximum absolute atomic E-state index is 13.8. The lowest BCUT2D eigenvalue weighted by Gasteiger charge is -2.04. The summed E-state index contributed by atoms with van der Waals surface area (Å²) in [4.78, 5) is 10.2. The summed E-state index contributed by atoms with van der Waals surface area (Å²) in [6.45, 7) is 0. The fourth-order valence-electron chi connectivity index (χ4n) is 1.65. The molecule has 0 atom stereocenters. The maximum atomic E-state index is 13.8. The first-order valence-electron chi connectivity index (χ1n) is 5.98. The Balaban J connectivity index is 2.23. The molecule has 2 aromatic rings. The van der Waals surface area contributed by atoms with Crippen LogP contribution in [-0.4, -0.2) is 18.2 Å². The summed E-state index contributed by atoms with van der Waals surface area (Å²) in [5.74, 6) is -0.790. The molecule has 0 aliphatic heterocycles. The first-order valence-corrected chi connectivity index (χ1v) is 5.98. The maximum Gasteiger partial charge on any atom is 0.311 e. The highest BCUT2D eigenvalue weighted by molar-refractivity contribution is 5.82. The predicted octanol–water partition coefficient (Wildman–Crippen LogP) is 3.19. The van der Waals surface area contributed by atoms with E-state index < -0.39 is 10.7 Å². The van der Waals surface area contributed by atoms with E-state index >= 15 is 0 Å². The van der Waals surface area contributed by atoms with E-state index in [-0.39, 0.29) is 17.0 Å². The van der Waals surface area contributed by atoms with Crippen molar-refractivity contribution in [2.45, 2.75) is 0 Å². The lowest BCUT2D eigenvalue weighted by atomic mass is 10.2. The van der Waals surface area contributed by atoms with Crippen LogP contribution in [0.25, 0.3) is 0 Å². The van der Waals surface area contributed by atoms with Gasteiger partial charge < -0.3 is 4.74 Å². The molecule has 0 unspecified atom stereocenters. The molecule has 0 aliphatic carbocycles. The third kappa shape index (κ3) is 3.53. The quantitative estimate of drug-likeness (QED) is 0.521. The highest BCUT2D eigenvalue weighted by Crippen LogP contribution is 2.29. The highest BCUT2D eigenvalue weighted by atomic mass is 19.1. The van der Waals surface area contributed by atoms with E-state index in [2.05, 4.69) is 10.5 Å². The van der Waals surface area contributed by atoms with Crippen molar-refractivity contribution >= 4 is 17.6 Å². The van der Waals surface area contributed by atoms with Crippen LogP contribution in [0.3, 0.4) is 0 Å². The zero-order valence-corrected chi connectivity index (χ0v) is 11.1. The van der Waals surface area contributed by atoms with Gasteiger partial charge in [0.15, 0.2) is 5.75 Å². The van der Waals surface area contributed by atoms with Gasteiger partial charge >= 0.3 is 5.69 Å². The second-order valence-corrected chi connectivity index (χ2v) is 4.04. The third-order valence-corrected chi connectivity index (χ3v) is 2.67. The minimum atomic E-state index is -0.656. The summed E-state index contributed by atoms with van der Waals surface area (Å²) in [5, 5.41) is 14.7. The Morgan fingerprint density at radius 2 is 2.05 bits per heavy atom. The van der Waals surface area contributed by atoms with Crippen molar-refractivity contribution in [3.63, 3.8) is 0 Å². The average molecular weight is 289 g/mol. The number of benzene rings is 2. The van der Waals surface area contributed by atoms with Gasteiger partial charge in [-0.1, -0.05) is 18.2 Å². The molecule has 0 aromatic heterocycles. The highest BCUT2D eigenvalue weighted by Gasteiger charge is 2.18. The molecule has 0 amide bonds. The molecule has 0 fully saturated rings. The molecule has 7 heteroatoms. The molecule has 2 rings (SSSR count). The van der Waals surface area contributed by atoms with Crippen LogP contribution in [-0.2, 0) is 0 Å². The van der Waals surface area contributed by atoms with Crippen LogP contribution in [0.5, 0.6) is 5.75 Å². The van der Waals surface area contributed by atoms with Crippen molar-refractivity contribution in [2.75, 3.05) is 12.5 Å². The summed E-state index contributed by atoms with van der Waals surface area (Å²) in [5.41, 5.74) is 3.09. The molecule has 0 aliphatic rings. The van der Waals surface area contributed by atoms with Gasteiger partial charge in [0.05, 0.1) is 23.9 Å². The predicted molar refractivity (Wildman–Crippen MR) is 77.3 cm³/mol. The molecule has 108 valence electrons. The van der Waals surface area contributed by atoms with Gasteiger partial charge in [-0.25, -0.2) is 4.39 Å². The van der Waals surface area contributed by atoms with E-state index in [4.69, 9.17) is 4.74 Å². The first-order chi connectivity index (χ1) is 10.1. The number of halogens is 1. The molecule has 6 nitrogen and oxygen atoms in total. The summed E-state index contributed by atoms with van der Waals surface area (Å²) in [6, 6.07) is 11.1. The molecule has 0 saturated heterocycles. The van der Waals surface area contributed by atoms with Crippen molar-refractivity contribution in [3.8, 4) is 5.75 Å². The van der Waals surface area contributed by atoms with E-state index in [1.54, 1.807) is 12.1 Å².